The van der Waals surface area contributed by atoms with Crippen LogP contribution in [0.4, 0.5) is 5.69 Å². The summed E-state index contributed by atoms with van der Waals surface area (Å²) in [6.07, 6.45) is -1.12. The van der Waals surface area contributed by atoms with Gasteiger partial charge in [0.15, 0.2) is 6.10 Å². The van der Waals surface area contributed by atoms with Gasteiger partial charge >= 0.3 is 5.97 Å². The minimum Gasteiger partial charge on any atom is -0.452 e. The second-order valence-electron chi connectivity index (χ2n) is 6.01. The summed E-state index contributed by atoms with van der Waals surface area (Å²) in [5.74, 6) is -1.10. The van der Waals surface area contributed by atoms with Gasteiger partial charge in [0.2, 0.25) is 0 Å². The number of carbonyl (C=O) groups is 2. The molecule has 0 spiro atoms. The molecular formula is C19H17ClN4O4. The van der Waals surface area contributed by atoms with E-state index >= 15 is 0 Å². The predicted octanol–water partition coefficient (Wildman–Crippen LogP) is 2.41. The lowest BCUT2D eigenvalue weighted by Gasteiger charge is -2.13. The number of benzene rings is 2. The van der Waals surface area contributed by atoms with Crippen LogP contribution < -0.4 is 10.9 Å². The smallest absolute Gasteiger partial charge is 0.308 e. The molecule has 1 amide bonds. The van der Waals surface area contributed by atoms with Crippen LogP contribution in [0.25, 0.3) is 10.9 Å². The summed E-state index contributed by atoms with van der Waals surface area (Å²) in [5.41, 5.74) is 0.682. The van der Waals surface area contributed by atoms with Crippen LogP contribution in [0, 0.1) is 0 Å². The molecule has 0 aliphatic rings. The quantitative estimate of drug-likeness (QED) is 0.637. The van der Waals surface area contributed by atoms with E-state index in [0.29, 0.717) is 21.6 Å². The number of nitrogens with one attached hydrogen (secondary N) is 1. The number of fused-ring (bicyclic) bond motifs is 1. The van der Waals surface area contributed by atoms with Gasteiger partial charge in [-0.05, 0) is 43.3 Å². The third kappa shape index (κ3) is 4.72. The maximum absolute atomic E-state index is 12.3. The van der Waals surface area contributed by atoms with Crippen molar-refractivity contribution in [1.82, 2.24) is 15.0 Å². The third-order valence-corrected chi connectivity index (χ3v) is 4.20. The molecule has 144 valence electrons. The second-order valence-corrected chi connectivity index (χ2v) is 6.45. The highest BCUT2D eigenvalue weighted by atomic mass is 35.5. The average molecular weight is 401 g/mol. The molecule has 1 unspecified atom stereocenters. The van der Waals surface area contributed by atoms with Crippen LogP contribution >= 0.6 is 11.6 Å². The Morgan fingerprint density at radius 1 is 1.18 bits per heavy atom. The Bertz CT molecular complexity index is 1070. The number of aromatic nitrogens is 3. The van der Waals surface area contributed by atoms with E-state index in [-0.39, 0.29) is 18.5 Å². The highest BCUT2D eigenvalue weighted by Crippen LogP contribution is 2.14. The number of esters is 1. The Morgan fingerprint density at radius 2 is 1.89 bits per heavy atom. The van der Waals surface area contributed by atoms with Gasteiger partial charge in [0.05, 0.1) is 18.4 Å². The van der Waals surface area contributed by atoms with Crippen molar-refractivity contribution in [2.24, 2.45) is 0 Å². The lowest BCUT2D eigenvalue weighted by atomic mass is 10.2. The molecule has 9 heteroatoms. The van der Waals surface area contributed by atoms with Crippen LogP contribution in [0.1, 0.15) is 13.3 Å². The largest absolute Gasteiger partial charge is 0.452 e. The van der Waals surface area contributed by atoms with E-state index < -0.39 is 18.0 Å². The standard InChI is InChI=1S/C19H17ClN4O4/c1-12(18(26)21-14-8-6-13(20)7-9-14)28-17(25)10-11-24-19(27)15-4-2-3-5-16(15)22-23-24/h2-9,12H,10-11H2,1H3,(H,21,26). The molecule has 0 radical (unpaired) electrons. The van der Waals surface area contributed by atoms with E-state index in [1.807, 2.05) is 0 Å². The molecule has 0 saturated heterocycles. The van der Waals surface area contributed by atoms with Gasteiger partial charge < -0.3 is 10.1 Å². The van der Waals surface area contributed by atoms with Crippen molar-refractivity contribution in [2.75, 3.05) is 5.32 Å². The molecule has 0 bridgehead atoms. The van der Waals surface area contributed by atoms with Crippen LogP contribution in [-0.4, -0.2) is 33.0 Å². The van der Waals surface area contributed by atoms with Gasteiger partial charge in [-0.3, -0.25) is 14.4 Å². The van der Waals surface area contributed by atoms with Gasteiger partial charge in [0, 0.05) is 10.7 Å². The van der Waals surface area contributed by atoms with E-state index in [1.165, 1.54) is 6.92 Å². The molecular weight excluding hydrogens is 384 g/mol. The van der Waals surface area contributed by atoms with Crippen molar-refractivity contribution >= 4 is 40.1 Å². The van der Waals surface area contributed by atoms with Crippen molar-refractivity contribution in [3.8, 4) is 0 Å². The molecule has 1 atom stereocenters. The fourth-order valence-corrected chi connectivity index (χ4v) is 2.58. The molecule has 0 saturated carbocycles. The summed E-state index contributed by atoms with van der Waals surface area (Å²) in [6, 6.07) is 13.4. The summed E-state index contributed by atoms with van der Waals surface area (Å²) in [5, 5.41) is 11.4. The van der Waals surface area contributed by atoms with Crippen molar-refractivity contribution in [2.45, 2.75) is 26.0 Å². The fourth-order valence-electron chi connectivity index (χ4n) is 2.45. The third-order valence-electron chi connectivity index (χ3n) is 3.95. The Balaban J connectivity index is 1.55. The Morgan fingerprint density at radius 3 is 2.64 bits per heavy atom. The number of hydrogen-bond acceptors (Lipinski definition) is 6. The van der Waals surface area contributed by atoms with Crippen molar-refractivity contribution in [3.05, 3.63) is 63.9 Å². The highest BCUT2D eigenvalue weighted by molar-refractivity contribution is 6.30. The van der Waals surface area contributed by atoms with Gasteiger partial charge in [0.1, 0.15) is 5.52 Å². The molecule has 0 fully saturated rings. The fraction of sp³-hybridized carbons (Fsp3) is 0.211. The Kier molecular flexibility index (Phi) is 6.00. The maximum Gasteiger partial charge on any atom is 0.308 e. The van der Waals surface area contributed by atoms with Crippen LogP contribution in [-0.2, 0) is 20.9 Å². The number of carbonyl (C=O) groups excluding carboxylic acids is 2. The molecule has 8 nitrogen and oxygen atoms in total. The van der Waals surface area contributed by atoms with E-state index in [4.69, 9.17) is 16.3 Å². The van der Waals surface area contributed by atoms with E-state index in [2.05, 4.69) is 15.6 Å². The number of anilines is 1. The molecule has 2 aromatic carbocycles. The zero-order chi connectivity index (χ0) is 20.1. The molecule has 0 aliphatic heterocycles. The molecule has 1 heterocycles. The van der Waals surface area contributed by atoms with Gasteiger partial charge in [-0.25, -0.2) is 4.68 Å². The summed E-state index contributed by atoms with van der Waals surface area (Å²) in [7, 11) is 0. The van der Waals surface area contributed by atoms with Crippen LogP contribution in [0.3, 0.4) is 0 Å². The topological polar surface area (TPSA) is 103 Å². The van der Waals surface area contributed by atoms with Crippen molar-refractivity contribution < 1.29 is 14.3 Å². The number of hydrogen-bond donors (Lipinski definition) is 1. The van der Waals surface area contributed by atoms with Crippen LogP contribution in [0.2, 0.25) is 5.02 Å². The number of amides is 1. The first-order valence-electron chi connectivity index (χ1n) is 8.52. The zero-order valence-electron chi connectivity index (χ0n) is 15.0. The lowest BCUT2D eigenvalue weighted by molar-refractivity contribution is -0.153. The first kappa shape index (κ1) is 19.5. The Labute approximate surface area is 165 Å². The number of aryl methyl sites for hydroxylation is 1. The minimum atomic E-state index is -0.998. The monoisotopic (exact) mass is 400 g/mol. The maximum atomic E-state index is 12.3. The first-order chi connectivity index (χ1) is 13.4. The second kappa shape index (κ2) is 8.62. The number of rotatable bonds is 6. The summed E-state index contributed by atoms with van der Waals surface area (Å²) >= 11 is 5.79. The summed E-state index contributed by atoms with van der Waals surface area (Å²) in [4.78, 5) is 36.5. The molecule has 3 aromatic rings. The van der Waals surface area contributed by atoms with Gasteiger partial charge in [-0.2, -0.15) is 0 Å². The molecule has 1 aromatic heterocycles. The summed E-state index contributed by atoms with van der Waals surface area (Å²) in [6.45, 7) is 1.46. The van der Waals surface area contributed by atoms with Gasteiger partial charge in [-0.15, -0.1) is 5.10 Å². The molecule has 0 aliphatic carbocycles. The minimum absolute atomic E-state index is 0.00102. The van der Waals surface area contributed by atoms with Crippen LogP contribution in [0.15, 0.2) is 53.3 Å². The van der Waals surface area contributed by atoms with E-state index in [1.54, 1.807) is 48.5 Å². The number of halogens is 1. The number of ether oxygens (including phenoxy) is 1. The predicted molar refractivity (Wildman–Crippen MR) is 104 cm³/mol. The molecule has 1 N–H and O–H groups in total. The van der Waals surface area contributed by atoms with Crippen LogP contribution in [0.5, 0.6) is 0 Å². The van der Waals surface area contributed by atoms with Crippen molar-refractivity contribution in [1.29, 1.82) is 0 Å². The van der Waals surface area contributed by atoms with E-state index in [0.717, 1.165) is 4.68 Å². The first-order valence-corrected chi connectivity index (χ1v) is 8.90. The Hall–Kier alpha value is -3.26. The molecule has 28 heavy (non-hydrogen) atoms. The van der Waals surface area contributed by atoms with E-state index in [9.17, 15) is 14.4 Å². The normalized spacial score (nSPS) is 11.8. The SMILES string of the molecule is CC(OC(=O)CCn1nnc2ccccc2c1=O)C(=O)Nc1ccc(Cl)cc1. The summed E-state index contributed by atoms with van der Waals surface area (Å²) < 4.78 is 6.22. The number of nitrogens with zero attached hydrogens (tertiary/aromatic N) is 3. The zero-order valence-corrected chi connectivity index (χ0v) is 15.7. The highest BCUT2D eigenvalue weighted by Gasteiger charge is 2.18. The van der Waals surface area contributed by atoms with Crippen molar-refractivity contribution in [3.63, 3.8) is 0 Å². The van der Waals surface area contributed by atoms with Gasteiger partial charge in [0.25, 0.3) is 11.5 Å². The van der Waals surface area contributed by atoms with Gasteiger partial charge in [-0.1, -0.05) is 28.9 Å². The molecule has 3 rings (SSSR count). The average Bonchev–Trinajstić information content (AvgIpc) is 2.69. The lowest BCUT2D eigenvalue weighted by Crippen LogP contribution is -2.31.